The summed E-state index contributed by atoms with van der Waals surface area (Å²) in [6.45, 7) is 11.3. The number of imidazole rings is 1. The summed E-state index contributed by atoms with van der Waals surface area (Å²) in [5.74, 6) is 1.91. The van der Waals surface area contributed by atoms with E-state index in [2.05, 4.69) is 104 Å². The number of hydrogen-bond donors (Lipinski definition) is 0. The summed E-state index contributed by atoms with van der Waals surface area (Å²) in [5.41, 5.74) is 10.4. The summed E-state index contributed by atoms with van der Waals surface area (Å²) in [5, 5.41) is 0. The van der Waals surface area contributed by atoms with Gasteiger partial charge in [-0.05, 0) is 42.5 Å². The molecule has 2 heterocycles. The van der Waals surface area contributed by atoms with Crippen LogP contribution in [0.25, 0.3) is 39.2 Å². The molecule has 0 amide bonds. The van der Waals surface area contributed by atoms with E-state index in [4.69, 9.17) is 4.42 Å². The normalized spacial score (nSPS) is 12.0. The largest absolute Gasteiger partial charge is 0.443 e. The summed E-state index contributed by atoms with van der Waals surface area (Å²) in [6, 6.07) is 19.5. The van der Waals surface area contributed by atoms with Gasteiger partial charge in [0.05, 0.1) is 12.6 Å². The Bertz CT molecular complexity index is 1430. The molecular weight excluding hydrogens is 394 g/mol. The first-order valence-electron chi connectivity index (χ1n) is 11.4. The standard InChI is InChI=1S/C28H30N3O/c1-17(2)20-10-9-11-21(18(3)4)27(20)31-23-13-8-7-12-22(23)30(6)28(31)25-19(5)14-15-24-26(25)29-16-32-24/h7-18H,1-6H3/q+1. The molecule has 0 atom stereocenters. The highest BCUT2D eigenvalue weighted by molar-refractivity contribution is 5.92. The van der Waals surface area contributed by atoms with Crippen LogP contribution in [0.2, 0.25) is 0 Å². The third kappa shape index (κ3) is 2.97. The Morgan fingerprint density at radius 2 is 1.56 bits per heavy atom. The van der Waals surface area contributed by atoms with Crippen LogP contribution < -0.4 is 4.57 Å². The van der Waals surface area contributed by atoms with E-state index in [9.17, 15) is 0 Å². The molecule has 4 heteroatoms. The summed E-state index contributed by atoms with van der Waals surface area (Å²) in [4.78, 5) is 4.62. The molecule has 0 fully saturated rings. The molecule has 0 N–H and O–H groups in total. The maximum Gasteiger partial charge on any atom is 0.297 e. The highest BCUT2D eigenvalue weighted by Gasteiger charge is 2.32. The zero-order chi connectivity index (χ0) is 22.6. The molecule has 0 spiro atoms. The van der Waals surface area contributed by atoms with Crippen LogP contribution in [-0.2, 0) is 7.05 Å². The van der Waals surface area contributed by atoms with E-state index in [1.54, 1.807) is 6.39 Å². The zero-order valence-electron chi connectivity index (χ0n) is 19.7. The lowest BCUT2D eigenvalue weighted by Crippen LogP contribution is -2.30. The van der Waals surface area contributed by atoms with Crippen LogP contribution in [0.3, 0.4) is 0 Å². The summed E-state index contributed by atoms with van der Waals surface area (Å²) >= 11 is 0. The lowest BCUT2D eigenvalue weighted by atomic mass is 9.92. The minimum Gasteiger partial charge on any atom is -0.443 e. The topological polar surface area (TPSA) is 34.8 Å². The van der Waals surface area contributed by atoms with Gasteiger partial charge in [0.1, 0.15) is 11.2 Å². The second kappa shape index (κ2) is 7.63. The fraction of sp³-hybridized carbons (Fsp3) is 0.286. The Hall–Kier alpha value is -3.40. The number of benzene rings is 3. The van der Waals surface area contributed by atoms with Gasteiger partial charge in [-0.2, -0.15) is 4.57 Å². The average molecular weight is 425 g/mol. The third-order valence-electron chi connectivity index (χ3n) is 6.51. The smallest absolute Gasteiger partial charge is 0.297 e. The first-order valence-corrected chi connectivity index (χ1v) is 11.4. The van der Waals surface area contributed by atoms with E-state index in [0.29, 0.717) is 11.8 Å². The zero-order valence-corrected chi connectivity index (χ0v) is 19.7. The SMILES string of the molecule is Cc1ccc2ocnc2c1-c1n(-c2c(C(C)C)cccc2C(C)C)c2ccccc2[n+]1C. The molecule has 0 aliphatic rings. The second-order valence-electron chi connectivity index (χ2n) is 9.26. The van der Waals surface area contributed by atoms with Gasteiger partial charge in [0.2, 0.25) is 0 Å². The van der Waals surface area contributed by atoms with Crippen LogP contribution in [0.5, 0.6) is 0 Å². The quantitative estimate of drug-likeness (QED) is 0.297. The number of hydrogen-bond acceptors (Lipinski definition) is 2. The molecule has 0 aliphatic heterocycles. The van der Waals surface area contributed by atoms with Crippen molar-refractivity contribution in [1.29, 1.82) is 0 Å². The Morgan fingerprint density at radius 3 is 2.25 bits per heavy atom. The van der Waals surface area contributed by atoms with Crippen molar-refractivity contribution in [3.8, 4) is 17.1 Å². The predicted molar refractivity (Wildman–Crippen MR) is 130 cm³/mol. The monoisotopic (exact) mass is 424 g/mol. The Morgan fingerprint density at radius 1 is 0.875 bits per heavy atom. The van der Waals surface area contributed by atoms with Gasteiger partial charge in [0, 0.05) is 11.1 Å². The second-order valence-corrected chi connectivity index (χ2v) is 9.26. The highest BCUT2D eigenvalue weighted by Crippen LogP contribution is 2.38. The van der Waals surface area contributed by atoms with Crippen LogP contribution in [0, 0.1) is 6.92 Å². The molecule has 4 nitrogen and oxygen atoms in total. The minimum atomic E-state index is 0.395. The van der Waals surface area contributed by atoms with Crippen molar-refractivity contribution in [3.05, 3.63) is 77.7 Å². The maximum absolute atomic E-state index is 5.69. The van der Waals surface area contributed by atoms with Crippen LogP contribution in [0.15, 0.2) is 65.4 Å². The molecule has 2 aromatic heterocycles. The number of aryl methyl sites for hydroxylation is 2. The fourth-order valence-corrected chi connectivity index (χ4v) is 4.91. The molecule has 3 aromatic carbocycles. The molecule has 162 valence electrons. The molecule has 5 aromatic rings. The number of oxazole rings is 1. The van der Waals surface area contributed by atoms with Gasteiger partial charge in [0.25, 0.3) is 5.82 Å². The van der Waals surface area contributed by atoms with E-state index in [1.807, 2.05) is 6.07 Å². The van der Waals surface area contributed by atoms with E-state index in [0.717, 1.165) is 22.5 Å². The molecule has 0 bridgehead atoms. The van der Waals surface area contributed by atoms with Gasteiger partial charge in [-0.25, -0.2) is 9.55 Å². The Balaban J connectivity index is 2.02. The van der Waals surface area contributed by atoms with Crippen molar-refractivity contribution in [2.75, 3.05) is 0 Å². The number of nitrogens with zero attached hydrogens (tertiary/aromatic N) is 3. The molecular formula is C28H30N3O+. The summed E-state index contributed by atoms with van der Waals surface area (Å²) in [6.07, 6.45) is 1.54. The molecule has 0 radical (unpaired) electrons. The number of rotatable bonds is 4. The Labute approximate surface area is 189 Å². The van der Waals surface area contributed by atoms with Gasteiger partial charge >= 0.3 is 0 Å². The number of para-hydroxylation sites is 3. The highest BCUT2D eigenvalue weighted by atomic mass is 16.3. The van der Waals surface area contributed by atoms with Crippen molar-refractivity contribution >= 4 is 22.1 Å². The lowest BCUT2D eigenvalue weighted by molar-refractivity contribution is -0.633. The van der Waals surface area contributed by atoms with Crippen LogP contribution in [0.1, 0.15) is 56.2 Å². The van der Waals surface area contributed by atoms with E-state index in [-0.39, 0.29) is 0 Å². The number of fused-ring (bicyclic) bond motifs is 2. The molecule has 5 rings (SSSR count). The lowest BCUT2D eigenvalue weighted by Gasteiger charge is -2.18. The van der Waals surface area contributed by atoms with Crippen molar-refractivity contribution < 1.29 is 8.98 Å². The van der Waals surface area contributed by atoms with Crippen molar-refractivity contribution in [1.82, 2.24) is 9.55 Å². The van der Waals surface area contributed by atoms with Crippen molar-refractivity contribution in [2.24, 2.45) is 7.05 Å². The van der Waals surface area contributed by atoms with Gasteiger partial charge in [-0.15, -0.1) is 0 Å². The van der Waals surface area contributed by atoms with Crippen molar-refractivity contribution in [3.63, 3.8) is 0 Å². The fourth-order valence-electron chi connectivity index (χ4n) is 4.91. The van der Waals surface area contributed by atoms with Crippen LogP contribution >= 0.6 is 0 Å². The molecule has 0 unspecified atom stereocenters. The molecule has 0 aliphatic carbocycles. The van der Waals surface area contributed by atoms with E-state index in [1.165, 1.54) is 33.4 Å². The molecule has 0 saturated heterocycles. The van der Waals surface area contributed by atoms with Crippen LogP contribution in [0.4, 0.5) is 0 Å². The van der Waals surface area contributed by atoms with Gasteiger partial charge in [0.15, 0.2) is 23.0 Å². The summed E-state index contributed by atoms with van der Waals surface area (Å²) in [7, 11) is 2.15. The number of aromatic nitrogens is 3. The van der Waals surface area contributed by atoms with Crippen molar-refractivity contribution in [2.45, 2.75) is 46.5 Å². The van der Waals surface area contributed by atoms with E-state index < -0.39 is 0 Å². The molecule has 32 heavy (non-hydrogen) atoms. The minimum absolute atomic E-state index is 0.395. The molecule has 0 saturated carbocycles. The predicted octanol–water partition coefficient (Wildman–Crippen LogP) is 6.82. The maximum atomic E-state index is 5.69. The average Bonchev–Trinajstić information content (AvgIpc) is 3.36. The van der Waals surface area contributed by atoms with Gasteiger partial charge in [-0.3, -0.25) is 0 Å². The van der Waals surface area contributed by atoms with Crippen LogP contribution in [-0.4, -0.2) is 9.55 Å². The van der Waals surface area contributed by atoms with Gasteiger partial charge in [-0.1, -0.05) is 64.1 Å². The first-order chi connectivity index (χ1) is 15.4. The van der Waals surface area contributed by atoms with Gasteiger partial charge < -0.3 is 4.42 Å². The third-order valence-corrected chi connectivity index (χ3v) is 6.51. The Kier molecular flexibility index (Phi) is 4.89. The van der Waals surface area contributed by atoms with E-state index >= 15 is 0 Å². The first kappa shape index (κ1) is 20.5. The summed E-state index contributed by atoms with van der Waals surface area (Å²) < 4.78 is 10.4.